The van der Waals surface area contributed by atoms with Gasteiger partial charge < -0.3 is 5.32 Å². The fraction of sp³-hybridized carbons (Fsp3) is 0.200. The molecule has 1 aromatic heterocycles. The number of nitrogens with one attached hydrogen (secondary N) is 1. The number of rotatable bonds is 2. The van der Waals surface area contributed by atoms with Gasteiger partial charge in [0.2, 0.25) is 0 Å². The zero-order valence-electron chi connectivity index (χ0n) is 10.4. The van der Waals surface area contributed by atoms with Crippen molar-refractivity contribution in [2.75, 3.05) is 6.54 Å². The van der Waals surface area contributed by atoms with Gasteiger partial charge in [-0.05, 0) is 12.8 Å². The van der Waals surface area contributed by atoms with Crippen LogP contribution in [0.5, 0.6) is 0 Å². The highest BCUT2D eigenvalue weighted by Gasteiger charge is 2.16. The number of hydrogen-bond acceptors (Lipinski definition) is 4. The molecule has 1 fully saturated rings. The smallest absolute Gasteiger partial charge is 0.136 e. The second-order valence-electron chi connectivity index (χ2n) is 4.40. The summed E-state index contributed by atoms with van der Waals surface area (Å²) in [7, 11) is 0. The van der Waals surface area contributed by atoms with E-state index in [1.54, 1.807) is 0 Å². The van der Waals surface area contributed by atoms with Crippen molar-refractivity contribution in [3.8, 4) is 17.3 Å². The van der Waals surface area contributed by atoms with Crippen molar-refractivity contribution in [3.63, 3.8) is 0 Å². The number of nitrogens with zero attached hydrogens (tertiary/aromatic N) is 2. The van der Waals surface area contributed by atoms with E-state index in [2.05, 4.69) is 16.4 Å². The molecule has 2 heterocycles. The van der Waals surface area contributed by atoms with Gasteiger partial charge in [0.25, 0.3) is 0 Å². The Kier molecular flexibility index (Phi) is 3.30. The van der Waals surface area contributed by atoms with Crippen molar-refractivity contribution >= 4 is 16.9 Å². The average Bonchev–Trinajstić information content (AvgIpc) is 3.12. The molecule has 1 N–H and O–H groups in total. The Morgan fingerprint density at radius 1 is 1.32 bits per heavy atom. The van der Waals surface area contributed by atoms with Gasteiger partial charge in [0.1, 0.15) is 16.6 Å². The summed E-state index contributed by atoms with van der Waals surface area (Å²) < 4.78 is 0. The molecular weight excluding hydrogens is 254 g/mol. The minimum absolute atomic E-state index is 0.699. The number of aromatic nitrogens is 1. The van der Waals surface area contributed by atoms with E-state index >= 15 is 0 Å². The lowest BCUT2D eigenvalue weighted by Crippen LogP contribution is -2.05. The maximum atomic E-state index is 9.34. The molecule has 19 heavy (non-hydrogen) atoms. The van der Waals surface area contributed by atoms with E-state index in [1.165, 1.54) is 11.3 Å². The minimum atomic E-state index is 0.699. The SMILES string of the molecule is N#CC(=C1CCCN1)c1nc(-c2ccccc2)cs1. The van der Waals surface area contributed by atoms with Gasteiger partial charge in [-0.3, -0.25) is 0 Å². The summed E-state index contributed by atoms with van der Waals surface area (Å²) in [5, 5.41) is 15.4. The Morgan fingerprint density at radius 2 is 2.16 bits per heavy atom. The summed E-state index contributed by atoms with van der Waals surface area (Å²) in [5.41, 5.74) is 3.76. The second-order valence-corrected chi connectivity index (χ2v) is 5.26. The van der Waals surface area contributed by atoms with Crippen LogP contribution in [-0.2, 0) is 0 Å². The van der Waals surface area contributed by atoms with E-state index in [0.717, 1.165) is 41.3 Å². The first-order valence-corrected chi connectivity index (χ1v) is 7.15. The molecule has 1 aromatic carbocycles. The third-order valence-electron chi connectivity index (χ3n) is 3.14. The lowest BCUT2D eigenvalue weighted by atomic mass is 10.1. The molecule has 3 rings (SSSR count). The first-order valence-electron chi connectivity index (χ1n) is 6.27. The molecule has 0 radical (unpaired) electrons. The third-order valence-corrected chi connectivity index (χ3v) is 4.00. The Bertz CT molecular complexity index is 642. The summed E-state index contributed by atoms with van der Waals surface area (Å²) in [4.78, 5) is 4.59. The largest absolute Gasteiger partial charge is 0.387 e. The molecule has 1 saturated heterocycles. The zero-order valence-corrected chi connectivity index (χ0v) is 11.2. The number of hydrogen-bond donors (Lipinski definition) is 1. The topological polar surface area (TPSA) is 48.7 Å². The van der Waals surface area contributed by atoms with E-state index in [4.69, 9.17) is 0 Å². The lowest BCUT2D eigenvalue weighted by Gasteiger charge is -2.00. The summed E-state index contributed by atoms with van der Waals surface area (Å²) in [5.74, 6) is 0. The van der Waals surface area contributed by atoms with Gasteiger partial charge in [-0.2, -0.15) is 5.26 Å². The van der Waals surface area contributed by atoms with Crippen molar-refractivity contribution in [1.29, 1.82) is 5.26 Å². The van der Waals surface area contributed by atoms with E-state index in [9.17, 15) is 5.26 Å². The van der Waals surface area contributed by atoms with Crippen LogP contribution in [0.25, 0.3) is 16.8 Å². The van der Waals surface area contributed by atoms with Gasteiger partial charge in [-0.25, -0.2) is 4.98 Å². The van der Waals surface area contributed by atoms with Crippen molar-refractivity contribution in [2.24, 2.45) is 0 Å². The summed E-state index contributed by atoms with van der Waals surface area (Å²) in [6, 6.07) is 12.3. The fourth-order valence-electron chi connectivity index (χ4n) is 2.18. The summed E-state index contributed by atoms with van der Waals surface area (Å²) in [6.45, 7) is 0.956. The molecule has 1 aliphatic heterocycles. The van der Waals surface area contributed by atoms with E-state index < -0.39 is 0 Å². The maximum absolute atomic E-state index is 9.34. The number of nitriles is 1. The van der Waals surface area contributed by atoms with E-state index in [0.29, 0.717) is 5.57 Å². The first-order chi connectivity index (χ1) is 9.38. The highest BCUT2D eigenvalue weighted by atomic mass is 32.1. The van der Waals surface area contributed by atoms with Gasteiger partial charge in [0.05, 0.1) is 5.69 Å². The van der Waals surface area contributed by atoms with Crippen LogP contribution in [0.15, 0.2) is 41.4 Å². The molecule has 3 nitrogen and oxygen atoms in total. The number of benzene rings is 1. The molecular formula is C15H13N3S. The van der Waals surface area contributed by atoms with Gasteiger partial charge >= 0.3 is 0 Å². The molecule has 94 valence electrons. The van der Waals surface area contributed by atoms with Crippen LogP contribution < -0.4 is 5.32 Å². The normalized spacial score (nSPS) is 16.8. The molecule has 0 amide bonds. The molecule has 0 atom stereocenters. The quantitative estimate of drug-likeness (QED) is 0.848. The summed E-state index contributed by atoms with van der Waals surface area (Å²) in [6.07, 6.45) is 2.04. The van der Waals surface area contributed by atoms with E-state index in [-0.39, 0.29) is 0 Å². The second kappa shape index (κ2) is 5.25. The van der Waals surface area contributed by atoms with Crippen LogP contribution in [0.1, 0.15) is 17.8 Å². The van der Waals surface area contributed by atoms with Gasteiger partial charge in [-0.15, -0.1) is 11.3 Å². The highest BCUT2D eigenvalue weighted by Crippen LogP contribution is 2.29. The van der Waals surface area contributed by atoms with Gasteiger partial charge in [-0.1, -0.05) is 30.3 Å². The van der Waals surface area contributed by atoms with Crippen LogP contribution in [0, 0.1) is 11.3 Å². The molecule has 0 unspecified atom stereocenters. The Morgan fingerprint density at radius 3 is 2.84 bits per heavy atom. The highest BCUT2D eigenvalue weighted by molar-refractivity contribution is 7.11. The molecule has 0 aliphatic carbocycles. The molecule has 0 bridgehead atoms. The fourth-order valence-corrected chi connectivity index (χ4v) is 3.03. The van der Waals surface area contributed by atoms with Crippen molar-refractivity contribution in [3.05, 3.63) is 46.4 Å². The van der Waals surface area contributed by atoms with Crippen LogP contribution in [0.2, 0.25) is 0 Å². The van der Waals surface area contributed by atoms with Crippen LogP contribution in [0.4, 0.5) is 0 Å². The van der Waals surface area contributed by atoms with Gasteiger partial charge in [0, 0.05) is 23.2 Å². The first kappa shape index (κ1) is 11.9. The molecule has 2 aromatic rings. The van der Waals surface area contributed by atoms with Crippen LogP contribution in [-0.4, -0.2) is 11.5 Å². The Balaban J connectivity index is 1.98. The Labute approximate surface area is 116 Å². The monoisotopic (exact) mass is 267 g/mol. The standard InChI is InChI=1S/C15H13N3S/c16-9-12(13-7-4-8-17-13)15-18-14(10-19-15)11-5-2-1-3-6-11/h1-3,5-6,10,17H,4,7-8H2. The number of thiazole rings is 1. The minimum Gasteiger partial charge on any atom is -0.387 e. The predicted octanol–water partition coefficient (Wildman–Crippen LogP) is 3.43. The van der Waals surface area contributed by atoms with Gasteiger partial charge in [0.15, 0.2) is 0 Å². The zero-order chi connectivity index (χ0) is 13.1. The van der Waals surface area contributed by atoms with Crippen LogP contribution in [0.3, 0.4) is 0 Å². The molecule has 1 aliphatic rings. The third kappa shape index (κ3) is 2.38. The lowest BCUT2D eigenvalue weighted by molar-refractivity contribution is 0.904. The number of allylic oxidation sites excluding steroid dienone is 2. The van der Waals surface area contributed by atoms with E-state index in [1.807, 2.05) is 35.7 Å². The predicted molar refractivity (Wildman–Crippen MR) is 77.3 cm³/mol. The molecule has 4 heteroatoms. The maximum Gasteiger partial charge on any atom is 0.136 e. The van der Waals surface area contributed by atoms with Crippen molar-refractivity contribution in [2.45, 2.75) is 12.8 Å². The molecule has 0 spiro atoms. The van der Waals surface area contributed by atoms with Crippen molar-refractivity contribution < 1.29 is 0 Å². The summed E-state index contributed by atoms with van der Waals surface area (Å²) >= 11 is 1.53. The van der Waals surface area contributed by atoms with Crippen LogP contribution >= 0.6 is 11.3 Å². The van der Waals surface area contributed by atoms with Crippen molar-refractivity contribution in [1.82, 2.24) is 10.3 Å². The average molecular weight is 267 g/mol. The molecule has 0 saturated carbocycles. The Hall–Kier alpha value is -2.12.